The van der Waals surface area contributed by atoms with E-state index in [1.54, 1.807) is 0 Å². The molecule has 1 aromatic heterocycles. The molecule has 0 saturated carbocycles. The van der Waals surface area contributed by atoms with Gasteiger partial charge in [-0.25, -0.2) is 13.8 Å². The first kappa shape index (κ1) is 12.4. The number of nitrogens with zero attached hydrogens (tertiary/aromatic N) is 2. The second kappa shape index (κ2) is 4.47. The second-order valence-corrected chi connectivity index (χ2v) is 3.41. The van der Waals surface area contributed by atoms with E-state index in [0.717, 1.165) is 0 Å². The maximum atomic E-state index is 12.3. The summed E-state index contributed by atoms with van der Waals surface area (Å²) in [6, 6.07) is 0.523. The van der Waals surface area contributed by atoms with Crippen molar-refractivity contribution < 1.29 is 18.5 Å². The van der Waals surface area contributed by atoms with Crippen molar-refractivity contribution in [3.05, 3.63) is 32.0 Å². The van der Waals surface area contributed by atoms with E-state index in [-0.39, 0.29) is 4.60 Å². The summed E-state index contributed by atoms with van der Waals surface area (Å²) in [5.74, 6) is -1.12. The standard InChI is InChI=1S/C7H4BrF2N3O3/c8-5-4(7(11)14)3(13(15)16)1-2(12-5)6(9)10/h1,6H,(H2,11,14). The lowest BCUT2D eigenvalue weighted by Gasteiger charge is -2.04. The lowest BCUT2D eigenvalue weighted by Crippen LogP contribution is -2.15. The number of carbonyl (C=O) groups excluding carboxylic acids is 1. The minimum absolute atomic E-state index is 0.371. The molecule has 0 atom stereocenters. The Kier molecular flexibility index (Phi) is 3.48. The number of primary amides is 1. The maximum Gasteiger partial charge on any atom is 0.286 e. The Balaban J connectivity index is 3.52. The highest BCUT2D eigenvalue weighted by Gasteiger charge is 2.26. The molecule has 1 aromatic rings. The van der Waals surface area contributed by atoms with E-state index in [1.807, 2.05) is 0 Å². The van der Waals surface area contributed by atoms with Crippen molar-refractivity contribution in [2.24, 2.45) is 5.73 Å². The fraction of sp³-hybridized carbons (Fsp3) is 0.143. The fourth-order valence-corrected chi connectivity index (χ4v) is 1.61. The summed E-state index contributed by atoms with van der Waals surface area (Å²) < 4.78 is 24.2. The average Bonchev–Trinajstić information content (AvgIpc) is 2.15. The van der Waals surface area contributed by atoms with Crippen LogP contribution in [0.25, 0.3) is 0 Å². The van der Waals surface area contributed by atoms with E-state index in [4.69, 9.17) is 5.73 Å². The van der Waals surface area contributed by atoms with Gasteiger partial charge in [-0.15, -0.1) is 0 Å². The van der Waals surface area contributed by atoms with Crippen molar-refractivity contribution in [3.63, 3.8) is 0 Å². The van der Waals surface area contributed by atoms with Crippen molar-refractivity contribution in [1.82, 2.24) is 4.98 Å². The molecule has 0 radical (unpaired) electrons. The zero-order valence-electron chi connectivity index (χ0n) is 7.49. The number of amides is 1. The van der Waals surface area contributed by atoms with Crippen LogP contribution in [-0.4, -0.2) is 15.8 Å². The second-order valence-electron chi connectivity index (χ2n) is 2.65. The van der Waals surface area contributed by atoms with Crippen molar-refractivity contribution in [3.8, 4) is 0 Å². The molecule has 6 nitrogen and oxygen atoms in total. The van der Waals surface area contributed by atoms with Gasteiger partial charge in [0.15, 0.2) is 0 Å². The van der Waals surface area contributed by atoms with Gasteiger partial charge >= 0.3 is 0 Å². The number of hydrogen-bond donors (Lipinski definition) is 1. The molecule has 0 aromatic carbocycles. The molecule has 0 aliphatic rings. The average molecular weight is 296 g/mol. The minimum Gasteiger partial charge on any atom is -0.365 e. The first-order chi connectivity index (χ1) is 7.34. The van der Waals surface area contributed by atoms with Gasteiger partial charge in [0, 0.05) is 6.07 Å². The Morgan fingerprint density at radius 3 is 2.56 bits per heavy atom. The van der Waals surface area contributed by atoms with Crippen molar-refractivity contribution in [2.45, 2.75) is 6.43 Å². The molecule has 16 heavy (non-hydrogen) atoms. The predicted octanol–water partition coefficient (Wildman–Crippen LogP) is 1.79. The van der Waals surface area contributed by atoms with Gasteiger partial charge in [-0.2, -0.15) is 0 Å². The predicted molar refractivity (Wildman–Crippen MR) is 52.1 cm³/mol. The summed E-state index contributed by atoms with van der Waals surface area (Å²) in [7, 11) is 0. The van der Waals surface area contributed by atoms with Crippen LogP contribution in [0.4, 0.5) is 14.5 Å². The summed E-state index contributed by atoms with van der Waals surface area (Å²) in [6.45, 7) is 0. The zero-order valence-corrected chi connectivity index (χ0v) is 9.07. The van der Waals surface area contributed by atoms with E-state index in [0.29, 0.717) is 6.07 Å². The minimum atomic E-state index is -2.98. The Hall–Kier alpha value is -1.64. The van der Waals surface area contributed by atoms with Gasteiger partial charge in [0.05, 0.1) is 4.92 Å². The van der Waals surface area contributed by atoms with Crippen LogP contribution < -0.4 is 5.73 Å². The van der Waals surface area contributed by atoms with Gasteiger partial charge < -0.3 is 5.73 Å². The number of carbonyl (C=O) groups is 1. The van der Waals surface area contributed by atoms with Crippen molar-refractivity contribution in [1.29, 1.82) is 0 Å². The van der Waals surface area contributed by atoms with Crippen molar-refractivity contribution >= 4 is 27.5 Å². The summed E-state index contributed by atoms with van der Waals surface area (Å²) in [5.41, 5.74) is 2.74. The third-order valence-corrected chi connectivity index (χ3v) is 2.21. The molecule has 9 heteroatoms. The SMILES string of the molecule is NC(=O)c1c([N+](=O)[O-])cc(C(F)F)nc1Br. The summed E-state index contributed by atoms with van der Waals surface area (Å²) in [5, 5.41) is 10.6. The molecular formula is C7H4BrF2N3O3. The maximum absolute atomic E-state index is 12.3. The van der Waals surface area contributed by atoms with Gasteiger partial charge in [0.2, 0.25) is 0 Å². The van der Waals surface area contributed by atoms with E-state index >= 15 is 0 Å². The third-order valence-electron chi connectivity index (χ3n) is 1.64. The number of aromatic nitrogens is 1. The molecule has 0 bridgehead atoms. The van der Waals surface area contributed by atoms with Gasteiger partial charge in [-0.1, -0.05) is 0 Å². The highest BCUT2D eigenvalue weighted by Crippen LogP contribution is 2.29. The molecule has 0 unspecified atom stereocenters. The molecule has 1 rings (SSSR count). The highest BCUT2D eigenvalue weighted by atomic mass is 79.9. The Bertz CT molecular complexity index is 466. The number of alkyl halides is 2. The number of nitrogens with two attached hydrogens (primary N) is 1. The molecule has 0 fully saturated rings. The van der Waals surface area contributed by atoms with E-state index in [9.17, 15) is 23.7 Å². The number of halogens is 3. The van der Waals surface area contributed by atoms with Crippen LogP contribution in [0.2, 0.25) is 0 Å². The molecule has 86 valence electrons. The molecule has 1 amide bonds. The van der Waals surface area contributed by atoms with Crippen LogP contribution in [0.15, 0.2) is 10.7 Å². The molecule has 0 saturated heterocycles. The molecule has 0 spiro atoms. The first-order valence-electron chi connectivity index (χ1n) is 3.77. The zero-order chi connectivity index (χ0) is 12.5. The van der Waals surface area contributed by atoms with E-state index in [1.165, 1.54) is 0 Å². The summed E-state index contributed by atoms with van der Waals surface area (Å²) in [6.07, 6.45) is -2.98. The van der Waals surface area contributed by atoms with Gasteiger partial charge in [-0.05, 0) is 15.9 Å². The summed E-state index contributed by atoms with van der Waals surface area (Å²) in [4.78, 5) is 23.8. The lowest BCUT2D eigenvalue weighted by molar-refractivity contribution is -0.385. The van der Waals surface area contributed by atoms with Crippen LogP contribution in [0, 0.1) is 10.1 Å². The molecule has 2 N–H and O–H groups in total. The van der Waals surface area contributed by atoms with Crippen LogP contribution in [-0.2, 0) is 0 Å². The van der Waals surface area contributed by atoms with E-state index in [2.05, 4.69) is 20.9 Å². The molecular weight excluding hydrogens is 292 g/mol. The first-order valence-corrected chi connectivity index (χ1v) is 4.56. The number of hydrogen-bond acceptors (Lipinski definition) is 4. The van der Waals surface area contributed by atoms with Crippen LogP contribution in [0.1, 0.15) is 22.5 Å². The molecule has 0 aliphatic carbocycles. The fourth-order valence-electron chi connectivity index (χ4n) is 1.00. The number of nitro groups is 1. The number of pyridine rings is 1. The quantitative estimate of drug-likeness (QED) is 0.522. The van der Waals surface area contributed by atoms with Gasteiger partial charge in [-0.3, -0.25) is 14.9 Å². The van der Waals surface area contributed by atoms with Gasteiger partial charge in [0.25, 0.3) is 18.0 Å². The largest absolute Gasteiger partial charge is 0.365 e. The monoisotopic (exact) mass is 295 g/mol. The van der Waals surface area contributed by atoms with E-state index < -0.39 is 34.2 Å². The van der Waals surface area contributed by atoms with Crippen molar-refractivity contribution in [2.75, 3.05) is 0 Å². The summed E-state index contributed by atoms with van der Waals surface area (Å²) >= 11 is 2.69. The third kappa shape index (κ3) is 2.30. The molecule has 1 heterocycles. The highest BCUT2D eigenvalue weighted by molar-refractivity contribution is 9.10. The Labute approximate surface area is 95.7 Å². The van der Waals surface area contributed by atoms with Crippen LogP contribution in [0.3, 0.4) is 0 Å². The van der Waals surface area contributed by atoms with Gasteiger partial charge in [0.1, 0.15) is 15.9 Å². The van der Waals surface area contributed by atoms with Crippen LogP contribution >= 0.6 is 15.9 Å². The smallest absolute Gasteiger partial charge is 0.286 e. The van der Waals surface area contributed by atoms with Crippen LogP contribution in [0.5, 0.6) is 0 Å². The number of rotatable bonds is 3. The Morgan fingerprint density at radius 1 is 1.62 bits per heavy atom. The lowest BCUT2D eigenvalue weighted by atomic mass is 10.2. The topological polar surface area (TPSA) is 99.1 Å². The normalized spacial score (nSPS) is 10.5. The Morgan fingerprint density at radius 2 is 2.19 bits per heavy atom. The molecule has 0 aliphatic heterocycles.